The number of nitrogens with zero attached hydrogens (tertiary/aromatic N) is 2. The summed E-state index contributed by atoms with van der Waals surface area (Å²) in [5.74, 6) is 0. The largest absolute Gasteiger partial charge is 0.351 e. The van der Waals surface area contributed by atoms with Crippen molar-refractivity contribution in [3.63, 3.8) is 0 Å². The van der Waals surface area contributed by atoms with Gasteiger partial charge >= 0.3 is 0 Å². The summed E-state index contributed by atoms with van der Waals surface area (Å²) in [5, 5.41) is 1.56. The molecule has 0 amide bonds. The number of fused-ring (bicyclic) bond motifs is 3. The number of benzene rings is 1. The average Bonchev–Trinajstić information content (AvgIpc) is 2.72. The molecule has 0 bridgehead atoms. The molecule has 4 heteroatoms. The molecule has 17 heavy (non-hydrogen) atoms. The number of halogens is 1. The SMILES string of the molecule is CC.Cc1ccc2[nH]c3c(Cl)ncnc3c2c1. The summed E-state index contributed by atoms with van der Waals surface area (Å²) in [4.78, 5) is 11.4. The second kappa shape index (κ2) is 4.72. The lowest BCUT2D eigenvalue weighted by Crippen LogP contribution is -1.80. The first-order chi connectivity index (χ1) is 8.25. The molecule has 2 aromatic heterocycles. The molecule has 0 aliphatic carbocycles. The molecule has 2 heterocycles. The third-order valence-corrected chi connectivity index (χ3v) is 2.78. The van der Waals surface area contributed by atoms with Crippen LogP contribution in [0.3, 0.4) is 0 Å². The van der Waals surface area contributed by atoms with Gasteiger partial charge in [-0.1, -0.05) is 37.1 Å². The fourth-order valence-corrected chi connectivity index (χ4v) is 1.96. The van der Waals surface area contributed by atoms with E-state index < -0.39 is 0 Å². The van der Waals surface area contributed by atoms with E-state index in [1.165, 1.54) is 11.9 Å². The maximum absolute atomic E-state index is 5.99. The number of aromatic amines is 1. The molecule has 3 rings (SSSR count). The number of H-pyrrole nitrogens is 1. The lowest BCUT2D eigenvalue weighted by molar-refractivity contribution is 1.22. The smallest absolute Gasteiger partial charge is 0.156 e. The Morgan fingerprint density at radius 3 is 2.71 bits per heavy atom. The fraction of sp³-hybridized carbons (Fsp3) is 0.231. The molecule has 0 saturated heterocycles. The average molecular weight is 248 g/mol. The van der Waals surface area contributed by atoms with Crippen LogP contribution in [-0.4, -0.2) is 15.0 Å². The van der Waals surface area contributed by atoms with Crippen molar-refractivity contribution in [3.05, 3.63) is 35.2 Å². The highest BCUT2D eigenvalue weighted by Gasteiger charge is 2.08. The Kier molecular flexibility index (Phi) is 3.29. The van der Waals surface area contributed by atoms with Crippen LogP contribution >= 0.6 is 11.6 Å². The first-order valence-corrected chi connectivity index (χ1v) is 6.02. The maximum atomic E-state index is 5.99. The van der Waals surface area contributed by atoms with E-state index in [1.807, 2.05) is 19.9 Å². The molecule has 0 aliphatic rings. The van der Waals surface area contributed by atoms with Crippen molar-refractivity contribution in [2.45, 2.75) is 20.8 Å². The van der Waals surface area contributed by atoms with Gasteiger partial charge in [0, 0.05) is 10.9 Å². The van der Waals surface area contributed by atoms with Crippen LogP contribution < -0.4 is 0 Å². The minimum atomic E-state index is 0.467. The Hall–Kier alpha value is -1.61. The first-order valence-electron chi connectivity index (χ1n) is 5.64. The molecule has 0 aliphatic heterocycles. The molecule has 0 saturated carbocycles. The van der Waals surface area contributed by atoms with Crippen molar-refractivity contribution in [2.75, 3.05) is 0 Å². The molecule has 3 nitrogen and oxygen atoms in total. The first kappa shape index (κ1) is 11.9. The van der Waals surface area contributed by atoms with Crippen LogP contribution in [0, 0.1) is 6.92 Å². The summed E-state index contributed by atoms with van der Waals surface area (Å²) >= 11 is 5.99. The molecular weight excluding hydrogens is 234 g/mol. The summed E-state index contributed by atoms with van der Waals surface area (Å²) in [6.07, 6.45) is 1.49. The normalized spacial score (nSPS) is 10.4. The summed E-state index contributed by atoms with van der Waals surface area (Å²) < 4.78 is 0. The molecule has 0 radical (unpaired) electrons. The second-order valence-corrected chi connectivity index (χ2v) is 3.92. The van der Waals surface area contributed by atoms with E-state index in [0.29, 0.717) is 5.15 Å². The minimum Gasteiger partial charge on any atom is -0.351 e. The highest BCUT2D eigenvalue weighted by atomic mass is 35.5. The standard InChI is InChI=1S/C11H8ClN3.C2H6/c1-6-2-3-8-7(4-6)9-10(15-8)11(12)14-5-13-9;1-2/h2-5,15H,1H3;1-2H3. The van der Waals surface area contributed by atoms with Gasteiger partial charge in [0.1, 0.15) is 17.4 Å². The Morgan fingerprint density at radius 1 is 1.18 bits per heavy atom. The van der Waals surface area contributed by atoms with Crippen molar-refractivity contribution in [2.24, 2.45) is 0 Å². The van der Waals surface area contributed by atoms with E-state index in [4.69, 9.17) is 11.6 Å². The second-order valence-electron chi connectivity index (χ2n) is 3.56. The van der Waals surface area contributed by atoms with E-state index in [2.05, 4.69) is 34.0 Å². The van der Waals surface area contributed by atoms with Crippen molar-refractivity contribution in [1.82, 2.24) is 15.0 Å². The Labute approximate surface area is 105 Å². The molecule has 0 spiro atoms. The molecular formula is C13H14ClN3. The topological polar surface area (TPSA) is 41.6 Å². The molecule has 0 unspecified atom stereocenters. The zero-order valence-corrected chi connectivity index (χ0v) is 10.8. The Bertz CT molecular complexity index is 658. The molecule has 1 N–H and O–H groups in total. The number of aromatic nitrogens is 3. The summed E-state index contributed by atoms with van der Waals surface area (Å²) in [5.41, 5.74) is 3.93. The maximum Gasteiger partial charge on any atom is 0.156 e. The Balaban J connectivity index is 0.000000514. The third kappa shape index (κ3) is 1.98. The van der Waals surface area contributed by atoms with Crippen molar-refractivity contribution in [3.8, 4) is 0 Å². The zero-order valence-electron chi connectivity index (χ0n) is 10.1. The highest BCUT2D eigenvalue weighted by molar-refractivity contribution is 6.34. The van der Waals surface area contributed by atoms with E-state index in [1.54, 1.807) is 0 Å². The van der Waals surface area contributed by atoms with Gasteiger partial charge in [-0.15, -0.1) is 0 Å². The van der Waals surface area contributed by atoms with Gasteiger partial charge in [0.2, 0.25) is 0 Å². The molecule has 0 fully saturated rings. The minimum absolute atomic E-state index is 0.467. The zero-order chi connectivity index (χ0) is 12.4. The Morgan fingerprint density at radius 2 is 1.94 bits per heavy atom. The van der Waals surface area contributed by atoms with E-state index in [0.717, 1.165) is 21.9 Å². The summed E-state index contributed by atoms with van der Waals surface area (Å²) in [7, 11) is 0. The van der Waals surface area contributed by atoms with Gasteiger partial charge < -0.3 is 4.98 Å². The number of hydrogen-bond donors (Lipinski definition) is 1. The number of hydrogen-bond acceptors (Lipinski definition) is 2. The molecule has 88 valence electrons. The van der Waals surface area contributed by atoms with Gasteiger partial charge in [-0.25, -0.2) is 9.97 Å². The van der Waals surface area contributed by atoms with Crippen LogP contribution in [-0.2, 0) is 0 Å². The highest BCUT2D eigenvalue weighted by Crippen LogP contribution is 2.27. The van der Waals surface area contributed by atoms with Crippen LogP contribution in [0.2, 0.25) is 5.15 Å². The lowest BCUT2D eigenvalue weighted by Gasteiger charge is -1.92. The summed E-state index contributed by atoms with van der Waals surface area (Å²) in [6, 6.07) is 6.18. The van der Waals surface area contributed by atoms with Crippen LogP contribution in [0.25, 0.3) is 21.9 Å². The van der Waals surface area contributed by atoms with Gasteiger partial charge in [-0.05, 0) is 19.1 Å². The van der Waals surface area contributed by atoms with Gasteiger partial charge in [0.15, 0.2) is 5.15 Å². The van der Waals surface area contributed by atoms with Gasteiger partial charge in [-0.3, -0.25) is 0 Å². The van der Waals surface area contributed by atoms with Crippen LogP contribution in [0.1, 0.15) is 19.4 Å². The lowest BCUT2D eigenvalue weighted by atomic mass is 10.2. The monoisotopic (exact) mass is 247 g/mol. The van der Waals surface area contributed by atoms with E-state index in [-0.39, 0.29) is 0 Å². The van der Waals surface area contributed by atoms with Gasteiger partial charge in [0.05, 0.1) is 0 Å². The quantitative estimate of drug-likeness (QED) is 0.608. The van der Waals surface area contributed by atoms with Gasteiger partial charge in [0.25, 0.3) is 0 Å². The van der Waals surface area contributed by atoms with Gasteiger partial charge in [-0.2, -0.15) is 0 Å². The fourth-order valence-electron chi connectivity index (χ4n) is 1.78. The van der Waals surface area contributed by atoms with E-state index >= 15 is 0 Å². The predicted molar refractivity (Wildman–Crippen MR) is 72.5 cm³/mol. The number of rotatable bonds is 0. The van der Waals surface area contributed by atoms with Crippen molar-refractivity contribution >= 4 is 33.5 Å². The van der Waals surface area contributed by atoms with Crippen LogP contribution in [0.15, 0.2) is 24.5 Å². The van der Waals surface area contributed by atoms with Crippen LogP contribution in [0.5, 0.6) is 0 Å². The van der Waals surface area contributed by atoms with Crippen molar-refractivity contribution < 1.29 is 0 Å². The number of aryl methyl sites for hydroxylation is 1. The molecule has 1 aromatic carbocycles. The van der Waals surface area contributed by atoms with E-state index in [9.17, 15) is 0 Å². The molecule has 0 atom stereocenters. The number of nitrogens with one attached hydrogen (secondary N) is 1. The predicted octanol–water partition coefficient (Wildman–Crippen LogP) is 4.10. The summed E-state index contributed by atoms with van der Waals surface area (Å²) in [6.45, 7) is 6.06. The third-order valence-electron chi connectivity index (χ3n) is 2.49. The van der Waals surface area contributed by atoms with Crippen LogP contribution in [0.4, 0.5) is 0 Å². The molecule has 3 aromatic rings. The van der Waals surface area contributed by atoms with Crippen molar-refractivity contribution in [1.29, 1.82) is 0 Å².